The molecule has 0 fully saturated rings. The van der Waals surface area contributed by atoms with Crippen molar-refractivity contribution < 1.29 is 19.4 Å². The summed E-state index contributed by atoms with van der Waals surface area (Å²) in [6, 6.07) is 9.98. The van der Waals surface area contributed by atoms with Crippen LogP contribution in [0, 0.1) is 0 Å². The Labute approximate surface area is 210 Å². The number of aryl methyl sites for hydroxylation is 2. The fourth-order valence-electron chi connectivity index (χ4n) is 3.74. The Balaban J connectivity index is 1.86. The molecule has 3 aromatic heterocycles. The molecular weight excluding hydrogens is 488 g/mol. The molecular formula is C24H23ClN6O5. The number of hydrogen-bond acceptors (Lipinski definition) is 8. The third-order valence-corrected chi connectivity index (χ3v) is 5.83. The van der Waals surface area contributed by atoms with Gasteiger partial charge in [0.1, 0.15) is 23.0 Å². The van der Waals surface area contributed by atoms with E-state index in [1.54, 1.807) is 49.6 Å². The van der Waals surface area contributed by atoms with E-state index in [0.717, 1.165) is 0 Å². The van der Waals surface area contributed by atoms with Crippen LogP contribution in [0.15, 0.2) is 47.4 Å². The number of carboxylic acid groups (broad SMARTS) is 1. The highest BCUT2D eigenvalue weighted by molar-refractivity contribution is 6.35. The molecule has 4 rings (SSSR count). The third-order valence-electron chi connectivity index (χ3n) is 5.44. The molecule has 0 aliphatic carbocycles. The van der Waals surface area contributed by atoms with Crippen molar-refractivity contribution in [2.45, 2.75) is 13.0 Å². The maximum atomic E-state index is 13.8. The SMILES string of the molecule is CNc1ncc2cc(-c3cc(OC)cc(OC)c3Cl)c(=O)n(CCc3cccc(NC(=O)O)n3)c2n1. The van der Waals surface area contributed by atoms with Crippen molar-refractivity contribution in [2.75, 3.05) is 31.9 Å². The van der Waals surface area contributed by atoms with E-state index in [0.29, 0.717) is 51.7 Å². The van der Waals surface area contributed by atoms with Crippen LogP contribution in [-0.2, 0) is 13.0 Å². The molecule has 0 aliphatic heterocycles. The van der Waals surface area contributed by atoms with Gasteiger partial charge >= 0.3 is 6.09 Å². The summed E-state index contributed by atoms with van der Waals surface area (Å²) in [5, 5.41) is 15.0. The first-order valence-corrected chi connectivity index (χ1v) is 11.2. The van der Waals surface area contributed by atoms with Gasteiger partial charge in [-0.15, -0.1) is 0 Å². The van der Waals surface area contributed by atoms with E-state index in [9.17, 15) is 9.59 Å². The molecule has 1 amide bonds. The van der Waals surface area contributed by atoms with Crippen LogP contribution in [0.5, 0.6) is 11.5 Å². The minimum atomic E-state index is -1.21. The van der Waals surface area contributed by atoms with E-state index < -0.39 is 6.09 Å². The second-order valence-electron chi connectivity index (χ2n) is 7.62. The van der Waals surface area contributed by atoms with E-state index in [4.69, 9.17) is 26.2 Å². The van der Waals surface area contributed by atoms with Crippen molar-refractivity contribution in [2.24, 2.45) is 0 Å². The Morgan fingerprint density at radius 2 is 1.94 bits per heavy atom. The van der Waals surface area contributed by atoms with Gasteiger partial charge in [0.15, 0.2) is 0 Å². The van der Waals surface area contributed by atoms with Crippen LogP contribution in [0.3, 0.4) is 0 Å². The molecule has 11 nitrogen and oxygen atoms in total. The zero-order chi connectivity index (χ0) is 25.8. The largest absolute Gasteiger partial charge is 0.497 e. The number of aromatic nitrogens is 4. The lowest BCUT2D eigenvalue weighted by atomic mass is 10.0. The molecule has 3 heterocycles. The van der Waals surface area contributed by atoms with Crippen molar-refractivity contribution in [1.82, 2.24) is 19.5 Å². The van der Waals surface area contributed by atoms with E-state index in [1.165, 1.54) is 18.8 Å². The summed E-state index contributed by atoms with van der Waals surface area (Å²) >= 11 is 6.59. The van der Waals surface area contributed by atoms with Crippen molar-refractivity contribution in [3.05, 3.63) is 63.7 Å². The van der Waals surface area contributed by atoms with E-state index in [2.05, 4.69) is 25.6 Å². The van der Waals surface area contributed by atoms with Gasteiger partial charge in [0, 0.05) is 54.5 Å². The Kier molecular flexibility index (Phi) is 7.20. The number of halogens is 1. The molecule has 12 heteroatoms. The van der Waals surface area contributed by atoms with Gasteiger partial charge in [-0.2, -0.15) is 4.98 Å². The molecule has 0 unspecified atom stereocenters. The lowest BCUT2D eigenvalue weighted by Gasteiger charge is -2.15. The second-order valence-corrected chi connectivity index (χ2v) is 8.00. The monoisotopic (exact) mass is 510 g/mol. The molecule has 0 saturated carbocycles. The standard InChI is InChI=1S/C24H23ClN6O5/c1-26-23-27-12-13-9-17(16-10-15(35-2)11-18(36-3)20(16)25)22(32)31(21(13)30-23)8-7-14-5-4-6-19(28-14)29-24(33)34/h4-6,9-12H,7-8H2,1-3H3,(H,28,29)(H,33,34)(H,26,27,30). The van der Waals surface area contributed by atoms with Crippen molar-refractivity contribution in [3.63, 3.8) is 0 Å². The Hall–Kier alpha value is -4.38. The van der Waals surface area contributed by atoms with Crippen LogP contribution in [0.1, 0.15) is 5.69 Å². The van der Waals surface area contributed by atoms with Gasteiger partial charge in [0.05, 0.1) is 19.2 Å². The Morgan fingerprint density at radius 3 is 2.64 bits per heavy atom. The normalized spacial score (nSPS) is 10.8. The highest BCUT2D eigenvalue weighted by Gasteiger charge is 2.19. The van der Waals surface area contributed by atoms with E-state index in [-0.39, 0.29) is 22.9 Å². The molecule has 3 N–H and O–H groups in total. The number of carbonyl (C=O) groups is 1. The zero-order valence-electron chi connectivity index (χ0n) is 19.7. The molecule has 0 radical (unpaired) electrons. The van der Waals surface area contributed by atoms with Gasteiger partial charge in [-0.3, -0.25) is 14.7 Å². The number of methoxy groups -OCH3 is 2. The average Bonchev–Trinajstić information content (AvgIpc) is 2.87. The molecule has 0 aliphatic rings. The van der Waals surface area contributed by atoms with Crippen LogP contribution in [0.25, 0.3) is 22.2 Å². The number of pyridine rings is 2. The summed E-state index contributed by atoms with van der Waals surface area (Å²) in [4.78, 5) is 37.8. The van der Waals surface area contributed by atoms with Gasteiger partial charge in [0.2, 0.25) is 5.95 Å². The van der Waals surface area contributed by atoms with Crippen LogP contribution in [-0.4, -0.2) is 52.0 Å². The first-order valence-electron chi connectivity index (χ1n) is 10.8. The van der Waals surface area contributed by atoms with Crippen LogP contribution < -0.4 is 25.7 Å². The molecule has 186 valence electrons. The fourth-order valence-corrected chi connectivity index (χ4v) is 4.03. The summed E-state index contributed by atoms with van der Waals surface area (Å²) in [5.41, 5.74) is 1.45. The predicted molar refractivity (Wildman–Crippen MR) is 136 cm³/mol. The molecule has 0 saturated heterocycles. The minimum Gasteiger partial charge on any atom is -0.497 e. The maximum absolute atomic E-state index is 13.8. The van der Waals surface area contributed by atoms with Crippen LogP contribution in [0.2, 0.25) is 5.02 Å². The number of rotatable bonds is 8. The quantitative estimate of drug-likeness (QED) is 0.322. The van der Waals surface area contributed by atoms with Gasteiger partial charge in [-0.25, -0.2) is 14.8 Å². The van der Waals surface area contributed by atoms with Crippen molar-refractivity contribution in [1.29, 1.82) is 0 Å². The minimum absolute atomic E-state index is 0.195. The Bertz CT molecular complexity index is 1510. The number of ether oxygens (including phenoxy) is 2. The first kappa shape index (κ1) is 24.7. The lowest BCUT2D eigenvalue weighted by Crippen LogP contribution is -2.24. The molecule has 1 aromatic carbocycles. The fraction of sp³-hybridized carbons (Fsp3) is 0.208. The molecule has 4 aromatic rings. The van der Waals surface area contributed by atoms with Crippen molar-refractivity contribution in [3.8, 4) is 22.6 Å². The van der Waals surface area contributed by atoms with Gasteiger partial charge in [-0.05, 0) is 24.3 Å². The first-order chi connectivity index (χ1) is 17.3. The Morgan fingerprint density at radius 1 is 1.14 bits per heavy atom. The summed E-state index contributed by atoms with van der Waals surface area (Å²) in [6.07, 6.45) is 0.743. The third kappa shape index (κ3) is 5.01. The number of fused-ring (bicyclic) bond motifs is 1. The zero-order valence-corrected chi connectivity index (χ0v) is 20.5. The summed E-state index contributed by atoms with van der Waals surface area (Å²) in [7, 11) is 4.68. The van der Waals surface area contributed by atoms with Gasteiger partial charge in [0.25, 0.3) is 5.56 Å². The number of nitrogens with zero attached hydrogens (tertiary/aromatic N) is 4. The van der Waals surface area contributed by atoms with Crippen LogP contribution in [0.4, 0.5) is 16.6 Å². The lowest BCUT2D eigenvalue weighted by molar-refractivity contribution is 0.209. The topological polar surface area (TPSA) is 140 Å². The summed E-state index contributed by atoms with van der Waals surface area (Å²) in [5.74, 6) is 1.40. The number of nitrogens with one attached hydrogen (secondary N) is 2. The summed E-state index contributed by atoms with van der Waals surface area (Å²) < 4.78 is 12.3. The van der Waals surface area contributed by atoms with E-state index in [1.807, 2.05) is 0 Å². The molecule has 36 heavy (non-hydrogen) atoms. The highest BCUT2D eigenvalue weighted by atomic mass is 35.5. The molecule has 0 bridgehead atoms. The number of amides is 1. The highest BCUT2D eigenvalue weighted by Crippen LogP contribution is 2.38. The molecule has 0 spiro atoms. The second kappa shape index (κ2) is 10.5. The molecule has 0 atom stereocenters. The van der Waals surface area contributed by atoms with E-state index >= 15 is 0 Å². The summed E-state index contributed by atoms with van der Waals surface area (Å²) in [6.45, 7) is 0.214. The number of hydrogen-bond donors (Lipinski definition) is 3. The predicted octanol–water partition coefficient (Wildman–Crippen LogP) is 3.90. The average molecular weight is 511 g/mol. The number of anilines is 2. The van der Waals surface area contributed by atoms with Crippen LogP contribution >= 0.6 is 11.6 Å². The number of benzene rings is 1. The maximum Gasteiger partial charge on any atom is 0.410 e. The van der Waals surface area contributed by atoms with Gasteiger partial charge < -0.3 is 19.9 Å². The van der Waals surface area contributed by atoms with Gasteiger partial charge in [-0.1, -0.05) is 17.7 Å². The van der Waals surface area contributed by atoms with Crippen molar-refractivity contribution >= 4 is 40.5 Å². The smallest absolute Gasteiger partial charge is 0.410 e.